The number of methoxy groups -OCH3 is 1. The fourth-order valence-corrected chi connectivity index (χ4v) is 2.04. The molecule has 0 bridgehead atoms. The lowest BCUT2D eigenvalue weighted by Gasteiger charge is -2.13. The quantitative estimate of drug-likeness (QED) is 0.852. The van der Waals surface area contributed by atoms with E-state index in [9.17, 15) is 4.39 Å². The average Bonchev–Trinajstić information content (AvgIpc) is 2.81. The number of hydrogen-bond donors (Lipinski definition) is 1. The van der Waals surface area contributed by atoms with Crippen molar-refractivity contribution in [2.24, 2.45) is 0 Å². The maximum Gasteiger partial charge on any atom is 0.131 e. The summed E-state index contributed by atoms with van der Waals surface area (Å²) in [5, 5.41) is -0.516. The standard InChI is InChI=1S/C12H12ClFN2O/c1-17-10-4-2-3-9(14)12(10)8(13)7-11-15-5-6-16-11/h2-6,8H,7H2,1H3,(H,15,16). The molecule has 1 unspecified atom stereocenters. The summed E-state index contributed by atoms with van der Waals surface area (Å²) in [5.41, 5.74) is 0.369. The summed E-state index contributed by atoms with van der Waals surface area (Å²) in [6.07, 6.45) is 3.76. The van der Waals surface area contributed by atoms with Crippen LogP contribution in [-0.2, 0) is 6.42 Å². The zero-order chi connectivity index (χ0) is 12.3. The smallest absolute Gasteiger partial charge is 0.131 e. The number of aromatic nitrogens is 2. The van der Waals surface area contributed by atoms with E-state index >= 15 is 0 Å². The number of nitrogens with one attached hydrogen (secondary N) is 1. The molecule has 0 fully saturated rings. The molecule has 0 saturated carbocycles. The van der Waals surface area contributed by atoms with Gasteiger partial charge < -0.3 is 9.72 Å². The van der Waals surface area contributed by atoms with Gasteiger partial charge in [0.1, 0.15) is 17.4 Å². The monoisotopic (exact) mass is 254 g/mol. The van der Waals surface area contributed by atoms with Gasteiger partial charge in [0, 0.05) is 24.4 Å². The first-order chi connectivity index (χ1) is 8.22. The van der Waals surface area contributed by atoms with Crippen molar-refractivity contribution in [3.63, 3.8) is 0 Å². The van der Waals surface area contributed by atoms with Crippen molar-refractivity contribution >= 4 is 11.6 Å². The van der Waals surface area contributed by atoms with Crippen molar-refractivity contribution in [1.29, 1.82) is 0 Å². The van der Waals surface area contributed by atoms with Crippen LogP contribution in [0.2, 0.25) is 0 Å². The lowest BCUT2D eigenvalue weighted by molar-refractivity contribution is 0.403. The summed E-state index contributed by atoms with van der Waals surface area (Å²) in [6.45, 7) is 0. The highest BCUT2D eigenvalue weighted by Gasteiger charge is 2.19. The minimum Gasteiger partial charge on any atom is -0.496 e. The Morgan fingerprint density at radius 2 is 2.35 bits per heavy atom. The molecule has 1 N–H and O–H groups in total. The van der Waals surface area contributed by atoms with Crippen LogP contribution in [0.1, 0.15) is 16.8 Å². The number of hydrogen-bond acceptors (Lipinski definition) is 2. The van der Waals surface area contributed by atoms with Crippen LogP contribution >= 0.6 is 11.6 Å². The Kier molecular flexibility index (Phi) is 3.64. The van der Waals surface area contributed by atoms with E-state index in [1.54, 1.807) is 24.5 Å². The molecule has 5 heteroatoms. The lowest BCUT2D eigenvalue weighted by Crippen LogP contribution is -2.03. The van der Waals surface area contributed by atoms with Crippen LogP contribution in [0.5, 0.6) is 5.75 Å². The van der Waals surface area contributed by atoms with E-state index in [4.69, 9.17) is 16.3 Å². The number of imidazole rings is 1. The van der Waals surface area contributed by atoms with Crippen molar-refractivity contribution < 1.29 is 9.13 Å². The second kappa shape index (κ2) is 5.19. The Morgan fingerprint density at radius 1 is 1.53 bits per heavy atom. The molecule has 0 amide bonds. The Morgan fingerprint density at radius 3 is 3.00 bits per heavy atom. The molecule has 0 spiro atoms. The molecule has 0 aliphatic carbocycles. The Hall–Kier alpha value is -1.55. The van der Waals surface area contributed by atoms with Gasteiger partial charge >= 0.3 is 0 Å². The average molecular weight is 255 g/mol. The number of ether oxygens (including phenoxy) is 1. The summed E-state index contributed by atoms with van der Waals surface area (Å²) >= 11 is 6.21. The Balaban J connectivity index is 2.26. The van der Waals surface area contributed by atoms with Gasteiger partial charge in [0.05, 0.1) is 12.5 Å². The van der Waals surface area contributed by atoms with Gasteiger partial charge in [-0.2, -0.15) is 0 Å². The van der Waals surface area contributed by atoms with Crippen molar-refractivity contribution in [3.05, 3.63) is 47.8 Å². The first kappa shape index (κ1) is 11.9. The maximum absolute atomic E-state index is 13.7. The first-order valence-corrected chi connectivity index (χ1v) is 5.60. The summed E-state index contributed by atoms with van der Waals surface area (Å²) in [4.78, 5) is 7.00. The Bertz CT molecular complexity index is 487. The molecular formula is C12H12ClFN2O. The second-order valence-corrected chi connectivity index (χ2v) is 4.09. The van der Waals surface area contributed by atoms with Gasteiger partial charge in [-0.25, -0.2) is 9.37 Å². The van der Waals surface area contributed by atoms with Crippen LogP contribution in [0, 0.1) is 5.82 Å². The zero-order valence-electron chi connectivity index (χ0n) is 9.28. The molecule has 0 radical (unpaired) electrons. The summed E-state index contributed by atoms with van der Waals surface area (Å²) in [7, 11) is 1.49. The van der Waals surface area contributed by atoms with Crippen LogP contribution in [0.3, 0.4) is 0 Å². The van der Waals surface area contributed by atoms with Gasteiger partial charge in [-0.15, -0.1) is 11.6 Å². The molecule has 2 aromatic rings. The zero-order valence-corrected chi connectivity index (χ0v) is 10.0. The molecule has 1 atom stereocenters. The number of rotatable bonds is 4. The third-order valence-electron chi connectivity index (χ3n) is 2.47. The van der Waals surface area contributed by atoms with Gasteiger partial charge in [0.25, 0.3) is 0 Å². The van der Waals surface area contributed by atoms with E-state index in [1.165, 1.54) is 13.2 Å². The van der Waals surface area contributed by atoms with Gasteiger partial charge in [-0.3, -0.25) is 0 Å². The van der Waals surface area contributed by atoms with Gasteiger partial charge in [-0.05, 0) is 12.1 Å². The molecule has 0 saturated heterocycles. The summed E-state index contributed by atoms with van der Waals surface area (Å²) in [6, 6.07) is 4.65. The highest BCUT2D eigenvalue weighted by Crippen LogP contribution is 2.33. The number of aromatic amines is 1. The van der Waals surface area contributed by atoms with Crippen molar-refractivity contribution in [3.8, 4) is 5.75 Å². The molecule has 0 aliphatic rings. The number of H-pyrrole nitrogens is 1. The predicted octanol–water partition coefficient (Wildman–Crippen LogP) is 3.08. The number of alkyl halides is 1. The second-order valence-electron chi connectivity index (χ2n) is 3.56. The predicted molar refractivity (Wildman–Crippen MR) is 63.8 cm³/mol. The molecular weight excluding hydrogens is 243 g/mol. The van der Waals surface area contributed by atoms with Crippen LogP contribution < -0.4 is 4.74 Å². The lowest BCUT2D eigenvalue weighted by atomic mass is 10.1. The third-order valence-corrected chi connectivity index (χ3v) is 2.85. The maximum atomic E-state index is 13.7. The van der Waals surface area contributed by atoms with Gasteiger partial charge in [-0.1, -0.05) is 6.07 Å². The SMILES string of the molecule is COc1cccc(F)c1C(Cl)Cc1ncc[nH]1. The van der Waals surface area contributed by atoms with Crippen molar-refractivity contribution in [2.45, 2.75) is 11.8 Å². The van der Waals surface area contributed by atoms with Gasteiger partial charge in [0.15, 0.2) is 0 Å². The molecule has 17 heavy (non-hydrogen) atoms. The number of benzene rings is 1. The van der Waals surface area contributed by atoms with E-state index in [0.717, 1.165) is 5.82 Å². The number of nitrogens with zero attached hydrogens (tertiary/aromatic N) is 1. The third kappa shape index (κ3) is 2.58. The Labute approximate surface area is 104 Å². The largest absolute Gasteiger partial charge is 0.496 e. The molecule has 1 heterocycles. The first-order valence-electron chi connectivity index (χ1n) is 5.17. The fourth-order valence-electron chi connectivity index (χ4n) is 1.68. The van der Waals surface area contributed by atoms with Crippen LogP contribution in [-0.4, -0.2) is 17.1 Å². The van der Waals surface area contributed by atoms with E-state index in [1.807, 2.05) is 0 Å². The van der Waals surface area contributed by atoms with E-state index < -0.39 is 5.38 Å². The normalized spacial score (nSPS) is 12.4. The van der Waals surface area contributed by atoms with Crippen LogP contribution in [0.4, 0.5) is 4.39 Å². The summed E-state index contributed by atoms with van der Waals surface area (Å²) in [5.74, 6) is 0.808. The molecule has 90 valence electrons. The summed E-state index contributed by atoms with van der Waals surface area (Å²) < 4.78 is 18.8. The highest BCUT2D eigenvalue weighted by molar-refractivity contribution is 6.21. The van der Waals surface area contributed by atoms with E-state index in [2.05, 4.69) is 9.97 Å². The van der Waals surface area contributed by atoms with Crippen LogP contribution in [0.15, 0.2) is 30.6 Å². The van der Waals surface area contributed by atoms with Crippen molar-refractivity contribution in [1.82, 2.24) is 9.97 Å². The van der Waals surface area contributed by atoms with E-state index in [0.29, 0.717) is 17.7 Å². The van der Waals surface area contributed by atoms with Crippen molar-refractivity contribution in [2.75, 3.05) is 7.11 Å². The molecule has 1 aromatic heterocycles. The van der Waals surface area contributed by atoms with E-state index in [-0.39, 0.29) is 5.82 Å². The van der Waals surface area contributed by atoms with Crippen LogP contribution in [0.25, 0.3) is 0 Å². The molecule has 0 aliphatic heterocycles. The van der Waals surface area contributed by atoms with Gasteiger partial charge in [0.2, 0.25) is 0 Å². The highest BCUT2D eigenvalue weighted by atomic mass is 35.5. The molecule has 1 aromatic carbocycles. The number of halogens is 2. The minimum atomic E-state index is -0.516. The topological polar surface area (TPSA) is 37.9 Å². The minimum absolute atomic E-state index is 0.365. The fraction of sp³-hybridized carbons (Fsp3) is 0.250. The molecule has 3 nitrogen and oxygen atoms in total. The molecule has 2 rings (SSSR count).